The van der Waals surface area contributed by atoms with E-state index in [1.165, 1.54) is 0 Å². The van der Waals surface area contributed by atoms with Crippen molar-refractivity contribution in [2.45, 2.75) is 12.0 Å². The predicted octanol–water partition coefficient (Wildman–Crippen LogP) is 5.41. The zero-order chi connectivity index (χ0) is 19.7. The molecule has 0 amide bonds. The Morgan fingerprint density at radius 1 is 0.857 bits per heavy atom. The second-order valence-electron chi connectivity index (χ2n) is 6.57. The van der Waals surface area contributed by atoms with Crippen LogP contribution in [0.25, 0.3) is 0 Å². The summed E-state index contributed by atoms with van der Waals surface area (Å²) in [5.41, 5.74) is 2.36. The quantitative estimate of drug-likeness (QED) is 0.463. The molecule has 0 fully saturated rings. The van der Waals surface area contributed by atoms with Crippen molar-refractivity contribution in [2.24, 2.45) is 0 Å². The van der Waals surface area contributed by atoms with Crippen LogP contribution in [-0.2, 0) is 0 Å². The maximum absolute atomic E-state index is 13.6. The lowest BCUT2D eigenvalue weighted by atomic mass is 9.81. The topological polar surface area (TPSA) is 44.8 Å². The summed E-state index contributed by atoms with van der Waals surface area (Å²) < 4.78 is 18.2. The van der Waals surface area contributed by atoms with Crippen LogP contribution < -0.4 is 14.2 Å². The Kier molecular flexibility index (Phi) is 5.26. The molecular weight excluding hydrogens is 467 g/mol. The molecule has 1 heterocycles. The van der Waals surface area contributed by atoms with Crippen molar-refractivity contribution in [3.63, 3.8) is 0 Å². The molecule has 142 valence electrons. The minimum Gasteiger partial charge on any atom is -0.497 e. The molecule has 1 aliphatic heterocycles. The molecule has 4 nitrogen and oxygen atoms in total. The van der Waals surface area contributed by atoms with Gasteiger partial charge in [0.05, 0.1) is 25.7 Å². The molecule has 4 rings (SSSR count). The molecule has 0 saturated carbocycles. The smallest absolute Gasteiger partial charge is 0.178 e. The first-order chi connectivity index (χ1) is 13.6. The molecule has 0 bridgehead atoms. The van der Waals surface area contributed by atoms with Crippen LogP contribution in [0.3, 0.4) is 0 Å². The van der Waals surface area contributed by atoms with Crippen molar-refractivity contribution in [1.82, 2.24) is 0 Å². The highest BCUT2D eigenvalue weighted by Crippen LogP contribution is 2.45. The van der Waals surface area contributed by atoms with E-state index in [9.17, 15) is 4.79 Å². The third kappa shape index (κ3) is 3.46. The Labute approximate surface area is 177 Å². The molecule has 3 aromatic carbocycles. The molecule has 0 N–H and O–H groups in total. The number of benzene rings is 3. The van der Waals surface area contributed by atoms with Crippen LogP contribution in [0.2, 0.25) is 0 Å². The lowest BCUT2D eigenvalue weighted by molar-refractivity contribution is 0.0780. The third-order valence-corrected chi connectivity index (χ3v) is 5.66. The van der Waals surface area contributed by atoms with Crippen LogP contribution in [0.4, 0.5) is 0 Å². The van der Waals surface area contributed by atoms with Crippen molar-refractivity contribution in [3.8, 4) is 17.2 Å². The molecule has 2 atom stereocenters. The van der Waals surface area contributed by atoms with Gasteiger partial charge >= 0.3 is 0 Å². The van der Waals surface area contributed by atoms with E-state index in [0.717, 1.165) is 14.7 Å². The van der Waals surface area contributed by atoms with Crippen molar-refractivity contribution in [2.75, 3.05) is 14.2 Å². The average Bonchev–Trinajstić information content (AvgIpc) is 2.74. The number of fused-ring (bicyclic) bond motifs is 1. The standard InChI is InChI=1S/C23H19IO4/c1-26-17-5-3-4-15(12-17)21-22(25)19-13-18(27-2)10-11-20(19)28-23(21)14-6-8-16(24)9-7-14/h3-13,21,23H,1-2H3. The summed E-state index contributed by atoms with van der Waals surface area (Å²) in [4.78, 5) is 13.6. The van der Waals surface area contributed by atoms with Gasteiger partial charge in [-0.3, -0.25) is 4.79 Å². The molecule has 28 heavy (non-hydrogen) atoms. The fraction of sp³-hybridized carbons (Fsp3) is 0.174. The molecule has 2 unspecified atom stereocenters. The van der Waals surface area contributed by atoms with Crippen molar-refractivity contribution < 1.29 is 19.0 Å². The number of methoxy groups -OCH3 is 2. The van der Waals surface area contributed by atoms with Crippen molar-refractivity contribution in [3.05, 3.63) is 87.0 Å². The number of ketones is 1. The average molecular weight is 486 g/mol. The number of hydrogen-bond donors (Lipinski definition) is 0. The summed E-state index contributed by atoms with van der Waals surface area (Å²) in [6.45, 7) is 0. The highest BCUT2D eigenvalue weighted by atomic mass is 127. The van der Waals surface area contributed by atoms with Crippen LogP contribution in [0.1, 0.15) is 33.5 Å². The first-order valence-corrected chi connectivity index (χ1v) is 9.97. The summed E-state index contributed by atoms with van der Waals surface area (Å²) in [6.07, 6.45) is -0.419. The van der Waals surface area contributed by atoms with E-state index in [1.807, 2.05) is 54.6 Å². The van der Waals surface area contributed by atoms with Crippen LogP contribution >= 0.6 is 22.6 Å². The Morgan fingerprint density at radius 2 is 1.57 bits per heavy atom. The van der Waals surface area contributed by atoms with Crippen molar-refractivity contribution in [1.29, 1.82) is 0 Å². The van der Waals surface area contributed by atoms with Gasteiger partial charge in [-0.05, 0) is 76.2 Å². The van der Waals surface area contributed by atoms with Crippen LogP contribution in [0, 0.1) is 3.57 Å². The third-order valence-electron chi connectivity index (χ3n) is 4.94. The zero-order valence-corrected chi connectivity index (χ0v) is 17.7. The van der Waals surface area contributed by atoms with Gasteiger partial charge in [0.2, 0.25) is 0 Å². The number of hydrogen-bond acceptors (Lipinski definition) is 4. The van der Waals surface area contributed by atoms with Gasteiger partial charge < -0.3 is 14.2 Å². The summed E-state index contributed by atoms with van der Waals surface area (Å²) in [5.74, 6) is 1.45. The summed E-state index contributed by atoms with van der Waals surface area (Å²) in [7, 11) is 3.21. The van der Waals surface area contributed by atoms with Gasteiger partial charge in [0.25, 0.3) is 0 Å². The van der Waals surface area contributed by atoms with E-state index < -0.39 is 12.0 Å². The van der Waals surface area contributed by atoms with Gasteiger partial charge in [0, 0.05) is 3.57 Å². The number of carbonyl (C=O) groups excluding carboxylic acids is 1. The summed E-state index contributed by atoms with van der Waals surface area (Å²) in [6, 6.07) is 21.0. The molecule has 0 spiro atoms. The second kappa shape index (κ2) is 7.83. The fourth-order valence-electron chi connectivity index (χ4n) is 3.52. The van der Waals surface area contributed by atoms with Gasteiger partial charge in [0.15, 0.2) is 5.78 Å². The largest absolute Gasteiger partial charge is 0.497 e. The first-order valence-electron chi connectivity index (χ1n) is 8.89. The van der Waals surface area contributed by atoms with Crippen molar-refractivity contribution >= 4 is 28.4 Å². The number of rotatable bonds is 4. The summed E-state index contributed by atoms with van der Waals surface area (Å²) >= 11 is 2.27. The Hall–Kier alpha value is -2.54. The maximum Gasteiger partial charge on any atom is 0.178 e. The minimum absolute atomic E-state index is 0.0111. The number of carbonyl (C=O) groups is 1. The molecule has 5 heteroatoms. The Balaban J connectivity index is 1.86. The van der Waals surface area contributed by atoms with E-state index in [2.05, 4.69) is 22.6 Å². The molecular formula is C23H19IO4. The molecule has 1 aliphatic rings. The van der Waals surface area contributed by atoms with E-state index in [4.69, 9.17) is 14.2 Å². The van der Waals surface area contributed by atoms with Gasteiger partial charge in [-0.1, -0.05) is 24.3 Å². The van der Waals surface area contributed by atoms with Gasteiger partial charge in [0.1, 0.15) is 23.4 Å². The van der Waals surface area contributed by atoms with Gasteiger partial charge in [-0.25, -0.2) is 0 Å². The maximum atomic E-state index is 13.6. The normalized spacial score (nSPS) is 18.2. The minimum atomic E-state index is -0.477. The van der Waals surface area contributed by atoms with E-state index in [-0.39, 0.29) is 5.78 Å². The molecule has 0 radical (unpaired) electrons. The molecule has 0 aromatic heterocycles. The SMILES string of the molecule is COc1cccc(C2C(=O)c3cc(OC)ccc3OC2c2ccc(I)cc2)c1. The van der Waals surface area contributed by atoms with E-state index in [1.54, 1.807) is 26.4 Å². The monoisotopic (exact) mass is 486 g/mol. The zero-order valence-electron chi connectivity index (χ0n) is 15.5. The highest BCUT2D eigenvalue weighted by molar-refractivity contribution is 14.1. The van der Waals surface area contributed by atoms with Crippen LogP contribution in [0.5, 0.6) is 17.2 Å². The fourth-order valence-corrected chi connectivity index (χ4v) is 3.87. The molecule has 0 aliphatic carbocycles. The van der Waals surface area contributed by atoms with Crippen LogP contribution in [-0.4, -0.2) is 20.0 Å². The second-order valence-corrected chi connectivity index (χ2v) is 7.82. The lowest BCUT2D eigenvalue weighted by Crippen LogP contribution is -2.30. The number of Topliss-reactive ketones (excluding diaryl/α,β-unsaturated/α-hetero) is 1. The highest BCUT2D eigenvalue weighted by Gasteiger charge is 2.39. The van der Waals surface area contributed by atoms with Gasteiger partial charge in [-0.15, -0.1) is 0 Å². The molecule has 3 aromatic rings. The molecule has 0 saturated heterocycles. The predicted molar refractivity (Wildman–Crippen MR) is 116 cm³/mol. The van der Waals surface area contributed by atoms with E-state index >= 15 is 0 Å². The first kappa shape index (κ1) is 18.8. The lowest BCUT2D eigenvalue weighted by Gasteiger charge is -2.33. The number of ether oxygens (including phenoxy) is 3. The summed E-state index contributed by atoms with van der Waals surface area (Å²) in [5, 5.41) is 0. The number of halogens is 1. The van der Waals surface area contributed by atoms with Gasteiger partial charge in [-0.2, -0.15) is 0 Å². The Bertz CT molecular complexity index is 1010. The van der Waals surface area contributed by atoms with E-state index in [0.29, 0.717) is 22.8 Å². The van der Waals surface area contributed by atoms with Crippen LogP contribution in [0.15, 0.2) is 66.7 Å². The Morgan fingerprint density at radius 3 is 2.29 bits per heavy atom.